The maximum atomic E-state index is 10.4. The van der Waals surface area contributed by atoms with Crippen molar-refractivity contribution in [1.82, 2.24) is 0 Å². The zero-order valence-corrected chi connectivity index (χ0v) is 7.88. The molecule has 0 atom stereocenters. The van der Waals surface area contributed by atoms with Crippen LogP contribution in [0.3, 0.4) is 0 Å². The van der Waals surface area contributed by atoms with Crippen molar-refractivity contribution in [2.45, 2.75) is 13.0 Å². The van der Waals surface area contributed by atoms with Gasteiger partial charge in [0.1, 0.15) is 0 Å². The summed E-state index contributed by atoms with van der Waals surface area (Å²) in [6, 6.07) is 1.88. The van der Waals surface area contributed by atoms with Gasteiger partial charge in [-0.05, 0) is 17.0 Å². The molecule has 1 aromatic rings. The summed E-state index contributed by atoms with van der Waals surface area (Å²) in [4.78, 5) is 11.3. The number of hydrogen-bond acceptors (Lipinski definition) is 3. The first kappa shape index (κ1) is 9.95. The molecule has 1 aromatic heterocycles. The summed E-state index contributed by atoms with van der Waals surface area (Å²) < 4.78 is 0. The van der Waals surface area contributed by atoms with Crippen LogP contribution < -0.4 is 5.73 Å². The van der Waals surface area contributed by atoms with Crippen LogP contribution in [0.15, 0.2) is 17.5 Å². The molecule has 0 fully saturated rings. The summed E-state index contributed by atoms with van der Waals surface area (Å²) in [7, 11) is 0. The van der Waals surface area contributed by atoms with Gasteiger partial charge in [0.25, 0.3) is 0 Å². The fourth-order valence-corrected chi connectivity index (χ4v) is 1.59. The van der Waals surface area contributed by atoms with Crippen LogP contribution >= 0.6 is 11.3 Å². The van der Waals surface area contributed by atoms with E-state index in [2.05, 4.69) is 0 Å². The molecule has 0 aliphatic heterocycles. The number of thiophene rings is 1. The first-order valence-corrected chi connectivity index (χ1v) is 4.73. The van der Waals surface area contributed by atoms with Crippen molar-refractivity contribution in [3.8, 4) is 0 Å². The Morgan fingerprint density at radius 3 is 3.00 bits per heavy atom. The van der Waals surface area contributed by atoms with Crippen molar-refractivity contribution >= 4 is 23.3 Å². The summed E-state index contributed by atoms with van der Waals surface area (Å²) >= 11 is 1.49. The highest BCUT2D eigenvalue weighted by Crippen LogP contribution is 2.15. The lowest BCUT2D eigenvalue weighted by molar-refractivity contribution is -0.117. The molecule has 0 saturated carbocycles. The van der Waals surface area contributed by atoms with Crippen LogP contribution in [0.5, 0.6) is 0 Å². The standard InChI is InChI=1S/C9H11NO2S/c10-9(12)3-1-2-7-4-8(5-11)13-6-7/h1-2,4,6,11H,3,5H2,(H2,10,12). The van der Waals surface area contributed by atoms with Gasteiger partial charge in [-0.15, -0.1) is 11.3 Å². The van der Waals surface area contributed by atoms with Gasteiger partial charge in [0.05, 0.1) is 6.61 Å². The van der Waals surface area contributed by atoms with Gasteiger partial charge in [-0.3, -0.25) is 4.79 Å². The first-order chi connectivity index (χ1) is 6.22. The molecule has 70 valence electrons. The Bertz CT molecular complexity index is 317. The Kier molecular flexibility index (Phi) is 3.67. The maximum absolute atomic E-state index is 10.4. The van der Waals surface area contributed by atoms with Gasteiger partial charge in [-0.25, -0.2) is 0 Å². The summed E-state index contributed by atoms with van der Waals surface area (Å²) in [5.41, 5.74) is 5.96. The number of carbonyl (C=O) groups is 1. The van der Waals surface area contributed by atoms with Crippen LogP contribution in [0.25, 0.3) is 6.08 Å². The molecular weight excluding hydrogens is 186 g/mol. The predicted octanol–water partition coefficient (Wildman–Crippen LogP) is 1.13. The summed E-state index contributed by atoms with van der Waals surface area (Å²) in [6.45, 7) is 0.0638. The molecule has 0 aliphatic carbocycles. The van der Waals surface area contributed by atoms with Crippen molar-refractivity contribution < 1.29 is 9.90 Å². The lowest BCUT2D eigenvalue weighted by atomic mass is 10.2. The topological polar surface area (TPSA) is 63.3 Å². The van der Waals surface area contributed by atoms with E-state index in [1.54, 1.807) is 6.08 Å². The highest BCUT2D eigenvalue weighted by Gasteiger charge is 1.94. The van der Waals surface area contributed by atoms with Crippen LogP contribution in [0.1, 0.15) is 16.9 Å². The predicted molar refractivity (Wildman–Crippen MR) is 53.1 cm³/mol. The third-order valence-corrected chi connectivity index (χ3v) is 2.40. The molecule has 0 saturated heterocycles. The molecule has 3 nitrogen and oxygen atoms in total. The van der Waals surface area contributed by atoms with E-state index in [-0.39, 0.29) is 18.9 Å². The van der Waals surface area contributed by atoms with E-state index < -0.39 is 0 Å². The largest absolute Gasteiger partial charge is 0.391 e. The zero-order chi connectivity index (χ0) is 9.68. The molecule has 3 N–H and O–H groups in total. The van der Waals surface area contributed by atoms with Gasteiger partial charge in [-0.1, -0.05) is 12.2 Å². The van der Waals surface area contributed by atoms with Gasteiger partial charge < -0.3 is 10.8 Å². The van der Waals surface area contributed by atoms with Crippen molar-refractivity contribution in [3.05, 3.63) is 28.0 Å². The van der Waals surface area contributed by atoms with Gasteiger partial charge in [-0.2, -0.15) is 0 Å². The fraction of sp³-hybridized carbons (Fsp3) is 0.222. The Morgan fingerprint density at radius 1 is 1.69 bits per heavy atom. The average molecular weight is 197 g/mol. The summed E-state index contributed by atoms with van der Waals surface area (Å²) in [6.07, 6.45) is 3.79. The van der Waals surface area contributed by atoms with E-state index >= 15 is 0 Å². The number of aliphatic hydroxyl groups excluding tert-OH is 1. The second-order valence-electron chi connectivity index (χ2n) is 2.58. The second-order valence-corrected chi connectivity index (χ2v) is 3.57. The normalized spacial score (nSPS) is 10.8. The Labute approximate surface area is 80.5 Å². The number of nitrogens with two attached hydrogens (primary N) is 1. The third kappa shape index (κ3) is 3.40. The number of carbonyl (C=O) groups excluding carboxylic acids is 1. The molecule has 0 bridgehead atoms. The van der Waals surface area contributed by atoms with Crippen molar-refractivity contribution in [2.75, 3.05) is 0 Å². The van der Waals surface area contributed by atoms with Crippen LogP contribution in [0.2, 0.25) is 0 Å². The minimum Gasteiger partial charge on any atom is -0.391 e. The summed E-state index contributed by atoms with van der Waals surface area (Å²) in [5.74, 6) is -0.339. The van der Waals surface area contributed by atoms with Crippen molar-refractivity contribution in [2.24, 2.45) is 5.73 Å². The van der Waals surface area contributed by atoms with Crippen LogP contribution in [-0.4, -0.2) is 11.0 Å². The number of rotatable bonds is 4. The van der Waals surface area contributed by atoms with E-state index in [0.717, 1.165) is 10.4 Å². The van der Waals surface area contributed by atoms with Gasteiger partial charge in [0.15, 0.2) is 0 Å². The van der Waals surface area contributed by atoms with Gasteiger partial charge in [0.2, 0.25) is 5.91 Å². The maximum Gasteiger partial charge on any atom is 0.221 e. The second kappa shape index (κ2) is 4.79. The Morgan fingerprint density at radius 2 is 2.46 bits per heavy atom. The van der Waals surface area contributed by atoms with Gasteiger partial charge >= 0.3 is 0 Å². The number of hydrogen-bond donors (Lipinski definition) is 2. The van der Waals surface area contributed by atoms with Crippen molar-refractivity contribution in [3.63, 3.8) is 0 Å². The molecule has 13 heavy (non-hydrogen) atoms. The Hall–Kier alpha value is -1.13. The number of amides is 1. The molecule has 0 spiro atoms. The van der Waals surface area contributed by atoms with Crippen LogP contribution in [0.4, 0.5) is 0 Å². The lowest BCUT2D eigenvalue weighted by Gasteiger charge is -1.85. The minimum atomic E-state index is -0.339. The smallest absolute Gasteiger partial charge is 0.221 e. The molecule has 4 heteroatoms. The monoisotopic (exact) mass is 197 g/mol. The first-order valence-electron chi connectivity index (χ1n) is 3.85. The van der Waals surface area contributed by atoms with Crippen LogP contribution in [-0.2, 0) is 11.4 Å². The molecule has 0 aliphatic rings. The van der Waals surface area contributed by atoms with Crippen LogP contribution in [0, 0.1) is 0 Å². The molecule has 1 heterocycles. The minimum absolute atomic E-state index is 0.0638. The fourth-order valence-electron chi connectivity index (χ4n) is 0.879. The Balaban J connectivity index is 2.53. The van der Waals surface area contributed by atoms with E-state index in [1.807, 2.05) is 17.5 Å². The highest BCUT2D eigenvalue weighted by molar-refractivity contribution is 7.10. The zero-order valence-electron chi connectivity index (χ0n) is 7.06. The SMILES string of the molecule is NC(=O)CC=Cc1csc(CO)c1. The average Bonchev–Trinajstić information content (AvgIpc) is 2.52. The molecule has 0 radical (unpaired) electrons. The quantitative estimate of drug-likeness (QED) is 0.760. The molecule has 1 amide bonds. The van der Waals surface area contributed by atoms with E-state index in [4.69, 9.17) is 10.8 Å². The molecule has 0 aromatic carbocycles. The molecule has 1 rings (SSSR count). The number of primary amides is 1. The van der Waals surface area contributed by atoms with E-state index in [0.29, 0.717) is 0 Å². The van der Waals surface area contributed by atoms with Gasteiger partial charge in [0, 0.05) is 11.3 Å². The highest BCUT2D eigenvalue weighted by atomic mass is 32.1. The molecular formula is C9H11NO2S. The molecule has 0 unspecified atom stereocenters. The number of aliphatic hydroxyl groups is 1. The van der Waals surface area contributed by atoms with E-state index in [1.165, 1.54) is 11.3 Å². The van der Waals surface area contributed by atoms with Crippen molar-refractivity contribution in [1.29, 1.82) is 0 Å². The third-order valence-electron chi connectivity index (χ3n) is 1.46. The summed E-state index contributed by atoms with van der Waals surface area (Å²) in [5, 5.41) is 10.7. The van der Waals surface area contributed by atoms with E-state index in [9.17, 15) is 4.79 Å². The lowest BCUT2D eigenvalue weighted by Crippen LogP contribution is -2.07.